The molecule has 5 heterocycles. The predicted molar refractivity (Wildman–Crippen MR) is 195 cm³/mol. The highest BCUT2D eigenvalue weighted by Crippen LogP contribution is 2.39. The number of anilines is 2. The summed E-state index contributed by atoms with van der Waals surface area (Å²) in [5, 5.41) is 29.2. The van der Waals surface area contributed by atoms with Crippen molar-refractivity contribution in [2.75, 3.05) is 65.3 Å². The summed E-state index contributed by atoms with van der Waals surface area (Å²) in [6.07, 6.45) is 13.6. The van der Waals surface area contributed by atoms with Crippen LogP contribution in [0.4, 0.5) is 11.6 Å². The molecule has 1 N–H and O–H groups in total. The third-order valence-electron chi connectivity index (χ3n) is 10.2. The number of benzene rings is 1. The Kier molecular flexibility index (Phi) is 12.9. The van der Waals surface area contributed by atoms with E-state index in [0.29, 0.717) is 93.1 Å². The fourth-order valence-corrected chi connectivity index (χ4v) is 7.63. The first kappa shape index (κ1) is 37.6. The van der Waals surface area contributed by atoms with Gasteiger partial charge in [0.25, 0.3) is 5.88 Å². The van der Waals surface area contributed by atoms with Crippen LogP contribution in [0.15, 0.2) is 43.1 Å². The Hall–Kier alpha value is -4.73. The molecule has 3 atom stereocenters. The van der Waals surface area contributed by atoms with E-state index in [9.17, 15) is 5.26 Å². The van der Waals surface area contributed by atoms with Crippen LogP contribution in [-0.2, 0) is 25.5 Å². The average Bonchev–Trinajstić information content (AvgIpc) is 3.92. The number of nitrogens with zero attached hydrogens (tertiary/aromatic N) is 10. The summed E-state index contributed by atoms with van der Waals surface area (Å²) in [6.45, 7) is 6.83. The van der Waals surface area contributed by atoms with Gasteiger partial charge in [0.1, 0.15) is 36.5 Å². The summed E-state index contributed by atoms with van der Waals surface area (Å²) in [5.41, 5.74) is 2.69. The van der Waals surface area contributed by atoms with Crippen LogP contribution in [0.2, 0.25) is 0 Å². The molecule has 1 aliphatic carbocycles. The second-order valence-electron chi connectivity index (χ2n) is 13.9. The Balaban J connectivity index is 0.999. The summed E-state index contributed by atoms with van der Waals surface area (Å²) in [5.74, 6) is 1.33. The molecule has 0 amide bonds. The zero-order valence-corrected chi connectivity index (χ0v) is 31.0. The van der Waals surface area contributed by atoms with Crippen molar-refractivity contribution in [3.63, 3.8) is 0 Å². The van der Waals surface area contributed by atoms with Gasteiger partial charge in [-0.1, -0.05) is 6.07 Å². The van der Waals surface area contributed by atoms with Gasteiger partial charge >= 0.3 is 0 Å². The highest BCUT2D eigenvalue weighted by atomic mass is 16.6. The van der Waals surface area contributed by atoms with E-state index in [-0.39, 0.29) is 12.1 Å². The predicted octanol–water partition coefficient (Wildman–Crippen LogP) is 3.81. The smallest absolute Gasteiger partial charge is 0.257 e. The Morgan fingerprint density at radius 2 is 1.61 bits per heavy atom. The molecule has 0 radical (unpaired) electrons. The molecule has 1 saturated carbocycles. The van der Waals surface area contributed by atoms with Crippen LogP contribution in [0, 0.1) is 11.3 Å². The van der Waals surface area contributed by atoms with Crippen LogP contribution in [0.25, 0.3) is 11.1 Å². The number of methoxy groups -OCH3 is 1. The fraction of sp³-hybridized carbons (Fsp3) is 0.595. The number of ether oxygens (including phenoxy) is 6. The minimum atomic E-state index is -0.280. The number of rotatable bonds is 19. The molecule has 2 aliphatic heterocycles. The Morgan fingerprint density at radius 3 is 2.31 bits per heavy atom. The number of nitriles is 1. The summed E-state index contributed by atoms with van der Waals surface area (Å²) in [6, 6.07) is 9.63. The number of fused-ring (bicyclic) bond motifs is 2. The van der Waals surface area contributed by atoms with Gasteiger partial charge in [-0.15, -0.1) is 10.2 Å². The van der Waals surface area contributed by atoms with Crippen LogP contribution >= 0.6 is 0 Å². The van der Waals surface area contributed by atoms with Crippen LogP contribution < -0.4 is 14.8 Å². The molecular weight excluding hydrogens is 694 g/mol. The molecule has 2 bridgehead atoms. The van der Waals surface area contributed by atoms with Crippen molar-refractivity contribution >= 4 is 11.6 Å². The molecule has 7 rings (SSSR count). The summed E-state index contributed by atoms with van der Waals surface area (Å²) in [7, 11) is 1.65. The van der Waals surface area contributed by atoms with Crippen molar-refractivity contribution in [2.24, 2.45) is 0 Å². The van der Waals surface area contributed by atoms with Crippen LogP contribution in [0.3, 0.4) is 0 Å². The molecule has 4 aromatic rings. The first-order valence-corrected chi connectivity index (χ1v) is 18.8. The number of aromatic nitrogens is 8. The van der Waals surface area contributed by atoms with Crippen molar-refractivity contribution < 1.29 is 28.4 Å². The summed E-state index contributed by atoms with van der Waals surface area (Å²) in [4.78, 5) is 12.0. The lowest BCUT2D eigenvalue weighted by molar-refractivity contribution is -0.0458. The first-order valence-electron chi connectivity index (χ1n) is 18.8. The Labute approximate surface area is 314 Å². The van der Waals surface area contributed by atoms with E-state index in [1.807, 2.05) is 29.9 Å². The third kappa shape index (κ3) is 9.49. The minimum Gasteiger partial charge on any atom is -0.487 e. The minimum absolute atomic E-state index is 0.269. The van der Waals surface area contributed by atoms with E-state index in [4.69, 9.17) is 33.5 Å². The van der Waals surface area contributed by atoms with Crippen molar-refractivity contribution in [3.05, 3.63) is 48.7 Å². The van der Waals surface area contributed by atoms with E-state index < -0.39 is 0 Å². The lowest BCUT2D eigenvalue weighted by Crippen LogP contribution is -2.52. The third-order valence-corrected chi connectivity index (χ3v) is 10.2. The van der Waals surface area contributed by atoms with Gasteiger partial charge in [0.2, 0.25) is 5.95 Å². The molecule has 0 spiro atoms. The molecule has 17 heteroatoms. The molecule has 288 valence electrons. The lowest BCUT2D eigenvalue weighted by atomic mass is 9.89. The van der Waals surface area contributed by atoms with Gasteiger partial charge in [-0.05, 0) is 73.6 Å². The Bertz CT molecular complexity index is 1780. The number of hydrogen-bond donors (Lipinski definition) is 1. The first-order chi connectivity index (χ1) is 26.6. The highest BCUT2D eigenvalue weighted by molar-refractivity contribution is 5.67. The topological polar surface area (TPSA) is 182 Å². The van der Waals surface area contributed by atoms with Crippen LogP contribution in [-0.4, -0.2) is 129 Å². The second kappa shape index (κ2) is 18.5. The van der Waals surface area contributed by atoms with Gasteiger partial charge in [-0.25, -0.2) is 14.6 Å². The SMILES string of the molecule is COCCOCCOCCOc1nn(C2CCC(N3[C@@H]4CC[C@H]3COC4)CC2)cc1Nc1ncc(-c2ccc(C#N)c(OC(C)Cn3cnnn3)c2)cn1. The van der Waals surface area contributed by atoms with Gasteiger partial charge in [0.05, 0.1) is 70.6 Å². The molecule has 1 unspecified atom stereocenters. The van der Waals surface area contributed by atoms with E-state index in [1.165, 1.54) is 19.2 Å². The maximum absolute atomic E-state index is 9.71. The quantitative estimate of drug-likeness (QED) is 0.137. The van der Waals surface area contributed by atoms with E-state index in [0.717, 1.165) is 50.0 Å². The van der Waals surface area contributed by atoms with Crippen LogP contribution in [0.5, 0.6) is 11.6 Å². The lowest BCUT2D eigenvalue weighted by Gasteiger charge is -2.43. The molecule has 54 heavy (non-hydrogen) atoms. The molecule has 1 aromatic carbocycles. The van der Waals surface area contributed by atoms with E-state index in [2.05, 4.69) is 41.8 Å². The number of tetrazole rings is 1. The van der Waals surface area contributed by atoms with Crippen molar-refractivity contribution in [2.45, 2.75) is 82.3 Å². The zero-order valence-electron chi connectivity index (χ0n) is 31.0. The normalized spacial score (nSPS) is 21.8. The standard InChI is InChI=1S/C37H49N11O6/c1-26(21-46-25-41-44-45-46)54-35-17-27(3-4-28(35)18-38)29-19-39-37(40-20-29)42-34-22-47(43-36(34)53-16-15-51-14-13-50-12-11-49-2)30-5-7-31(8-6-30)48-32-9-10-33(48)24-52-23-32/h3-4,17,19-20,22,25-26,30-33H,5-16,21,23-24H2,1-2H3,(H,39,40,42)/t26?,30?,31?,32-,33+. The maximum atomic E-state index is 9.71. The van der Waals surface area contributed by atoms with Gasteiger partial charge in [0, 0.05) is 43.2 Å². The summed E-state index contributed by atoms with van der Waals surface area (Å²) < 4.78 is 37.9. The molecule has 17 nitrogen and oxygen atoms in total. The van der Waals surface area contributed by atoms with Gasteiger partial charge < -0.3 is 33.7 Å². The molecule has 3 aromatic heterocycles. The molecule has 3 fully saturated rings. The number of nitrogens with one attached hydrogen (secondary N) is 1. The maximum Gasteiger partial charge on any atom is 0.257 e. The second-order valence-corrected chi connectivity index (χ2v) is 13.9. The molecular formula is C37H49N11O6. The number of hydrogen-bond acceptors (Lipinski definition) is 15. The monoisotopic (exact) mass is 743 g/mol. The average molecular weight is 744 g/mol. The molecule has 3 aliphatic rings. The Morgan fingerprint density at radius 1 is 0.907 bits per heavy atom. The van der Waals surface area contributed by atoms with Gasteiger partial charge in [-0.2, -0.15) is 5.26 Å². The fourth-order valence-electron chi connectivity index (χ4n) is 7.63. The highest BCUT2D eigenvalue weighted by Gasteiger charge is 2.42. The summed E-state index contributed by atoms with van der Waals surface area (Å²) >= 11 is 0. The van der Waals surface area contributed by atoms with Crippen molar-refractivity contribution in [3.8, 4) is 28.8 Å². The zero-order chi connectivity index (χ0) is 37.1. The van der Waals surface area contributed by atoms with E-state index in [1.54, 1.807) is 30.3 Å². The number of morpholine rings is 1. The van der Waals surface area contributed by atoms with Gasteiger partial charge in [-0.3, -0.25) is 9.58 Å². The largest absolute Gasteiger partial charge is 0.487 e. The van der Waals surface area contributed by atoms with Gasteiger partial charge in [0.15, 0.2) is 0 Å². The molecule has 2 saturated heterocycles. The van der Waals surface area contributed by atoms with E-state index >= 15 is 0 Å². The van der Waals surface area contributed by atoms with Crippen molar-refractivity contribution in [1.29, 1.82) is 5.26 Å². The van der Waals surface area contributed by atoms with Crippen molar-refractivity contribution in [1.82, 2.24) is 44.9 Å². The van der Waals surface area contributed by atoms with Crippen LogP contribution in [0.1, 0.15) is 57.1 Å².